The van der Waals surface area contributed by atoms with Crippen molar-refractivity contribution < 1.29 is 8.42 Å². The molecule has 1 aromatic carbocycles. The van der Waals surface area contributed by atoms with Gasteiger partial charge in [0.25, 0.3) is 0 Å². The molecule has 1 atom stereocenters. The SMILES string of the molecule is CC1(C)CN(Cc2csc(-c3ccc(S(C)(=O)=O)cc3)n2)CCC1N.Cl.Cl. The van der Waals surface area contributed by atoms with Crippen LogP contribution in [0, 0.1) is 5.41 Å². The predicted octanol–water partition coefficient (Wildman–Crippen LogP) is 3.62. The Hall–Kier alpha value is -0.700. The van der Waals surface area contributed by atoms with Crippen molar-refractivity contribution in [1.82, 2.24) is 9.88 Å². The highest BCUT2D eigenvalue weighted by Gasteiger charge is 2.33. The van der Waals surface area contributed by atoms with E-state index in [-0.39, 0.29) is 36.3 Å². The Kier molecular flexibility index (Phi) is 8.29. The second-order valence-electron chi connectivity index (χ2n) is 7.53. The number of piperidine rings is 1. The summed E-state index contributed by atoms with van der Waals surface area (Å²) in [6.45, 7) is 7.25. The summed E-state index contributed by atoms with van der Waals surface area (Å²) in [4.78, 5) is 7.47. The molecule has 3 rings (SSSR count). The maximum absolute atomic E-state index is 11.6. The van der Waals surface area contributed by atoms with E-state index in [1.807, 2.05) is 12.1 Å². The highest BCUT2D eigenvalue weighted by molar-refractivity contribution is 7.90. The zero-order valence-electron chi connectivity index (χ0n) is 15.7. The molecule has 1 aliphatic heterocycles. The van der Waals surface area contributed by atoms with Crippen LogP contribution in [-0.4, -0.2) is 43.7 Å². The van der Waals surface area contributed by atoms with E-state index in [1.54, 1.807) is 23.5 Å². The number of nitrogens with zero attached hydrogens (tertiary/aromatic N) is 2. The van der Waals surface area contributed by atoms with Gasteiger partial charge in [-0.25, -0.2) is 13.4 Å². The van der Waals surface area contributed by atoms with E-state index >= 15 is 0 Å². The molecule has 1 fully saturated rings. The molecule has 0 aliphatic carbocycles. The summed E-state index contributed by atoms with van der Waals surface area (Å²) in [7, 11) is -3.17. The number of hydrogen-bond donors (Lipinski definition) is 1. The van der Waals surface area contributed by atoms with E-state index < -0.39 is 9.84 Å². The summed E-state index contributed by atoms with van der Waals surface area (Å²) in [6.07, 6.45) is 2.23. The maximum Gasteiger partial charge on any atom is 0.175 e. The highest BCUT2D eigenvalue weighted by atomic mass is 35.5. The second-order valence-corrected chi connectivity index (χ2v) is 10.4. The number of hydrogen-bond acceptors (Lipinski definition) is 6. The van der Waals surface area contributed by atoms with Gasteiger partial charge in [-0.15, -0.1) is 36.2 Å². The Morgan fingerprint density at radius 3 is 2.44 bits per heavy atom. The zero-order valence-corrected chi connectivity index (χ0v) is 19.0. The van der Waals surface area contributed by atoms with Gasteiger partial charge in [-0.2, -0.15) is 0 Å². The molecule has 0 bridgehead atoms. The monoisotopic (exact) mass is 451 g/mol. The van der Waals surface area contributed by atoms with Gasteiger partial charge in [-0.3, -0.25) is 4.90 Å². The standard InChI is InChI=1S/C18H25N3O2S2.2ClH/c1-18(2)12-21(9-8-16(18)19)10-14-11-24-17(20-14)13-4-6-15(7-5-13)25(3,22)23;;/h4-7,11,16H,8-10,12,19H2,1-3H3;2*1H. The Morgan fingerprint density at radius 1 is 1.26 bits per heavy atom. The molecule has 1 aromatic heterocycles. The predicted molar refractivity (Wildman–Crippen MR) is 117 cm³/mol. The van der Waals surface area contributed by atoms with Crippen molar-refractivity contribution in [3.05, 3.63) is 35.3 Å². The van der Waals surface area contributed by atoms with E-state index in [4.69, 9.17) is 10.7 Å². The molecule has 1 aliphatic rings. The first kappa shape index (κ1) is 24.3. The molecule has 2 heterocycles. The lowest BCUT2D eigenvalue weighted by molar-refractivity contribution is 0.0891. The second kappa shape index (κ2) is 9.20. The van der Waals surface area contributed by atoms with Crippen LogP contribution in [0.5, 0.6) is 0 Å². The highest BCUT2D eigenvalue weighted by Crippen LogP contribution is 2.30. The van der Waals surface area contributed by atoms with Gasteiger partial charge in [0, 0.05) is 42.9 Å². The van der Waals surface area contributed by atoms with Gasteiger partial charge in [-0.05, 0) is 24.0 Å². The topological polar surface area (TPSA) is 76.3 Å². The molecule has 1 unspecified atom stereocenters. The van der Waals surface area contributed by atoms with Crippen LogP contribution in [0.25, 0.3) is 10.6 Å². The molecule has 1 saturated heterocycles. The van der Waals surface area contributed by atoms with Crippen LogP contribution in [0.4, 0.5) is 0 Å². The molecule has 0 spiro atoms. The molecule has 2 N–H and O–H groups in total. The van der Waals surface area contributed by atoms with Crippen LogP contribution < -0.4 is 5.73 Å². The van der Waals surface area contributed by atoms with Gasteiger partial charge in [0.15, 0.2) is 9.84 Å². The Morgan fingerprint density at radius 2 is 1.89 bits per heavy atom. The molecule has 9 heteroatoms. The molecule has 152 valence electrons. The number of rotatable bonds is 4. The molecule has 2 aromatic rings. The first-order valence-electron chi connectivity index (χ1n) is 8.38. The third-order valence-electron chi connectivity index (χ3n) is 4.86. The maximum atomic E-state index is 11.6. The summed E-state index contributed by atoms with van der Waals surface area (Å²) in [6, 6.07) is 7.17. The Balaban J connectivity index is 0.00000182. The fourth-order valence-corrected chi connectivity index (χ4v) is 4.65. The minimum absolute atomic E-state index is 0. The minimum Gasteiger partial charge on any atom is -0.327 e. The fraction of sp³-hybridized carbons (Fsp3) is 0.500. The Bertz CT molecular complexity index is 852. The smallest absolute Gasteiger partial charge is 0.175 e. The molecule has 0 radical (unpaired) electrons. The number of halogens is 2. The van der Waals surface area contributed by atoms with Crippen molar-refractivity contribution in [2.75, 3.05) is 19.3 Å². The number of thiazole rings is 1. The number of nitrogens with two attached hydrogens (primary N) is 1. The lowest BCUT2D eigenvalue weighted by Crippen LogP contribution is -2.52. The van der Waals surface area contributed by atoms with Crippen LogP contribution in [0.15, 0.2) is 34.5 Å². The van der Waals surface area contributed by atoms with Crippen molar-refractivity contribution in [1.29, 1.82) is 0 Å². The normalized spacial score (nSPS) is 19.8. The van der Waals surface area contributed by atoms with Crippen molar-refractivity contribution in [3.63, 3.8) is 0 Å². The first-order chi connectivity index (χ1) is 11.6. The average Bonchev–Trinajstić information content (AvgIpc) is 2.98. The third kappa shape index (κ3) is 5.89. The van der Waals surface area contributed by atoms with Crippen LogP contribution in [0.3, 0.4) is 0 Å². The molecular weight excluding hydrogens is 425 g/mol. The van der Waals surface area contributed by atoms with Gasteiger partial charge < -0.3 is 5.73 Å². The lowest BCUT2D eigenvalue weighted by atomic mass is 9.80. The van der Waals surface area contributed by atoms with Gasteiger partial charge >= 0.3 is 0 Å². The average molecular weight is 452 g/mol. The summed E-state index contributed by atoms with van der Waals surface area (Å²) in [5, 5.41) is 3.00. The number of aromatic nitrogens is 1. The van der Waals surface area contributed by atoms with E-state index in [0.717, 1.165) is 42.3 Å². The molecular formula is C18H27Cl2N3O2S2. The number of benzene rings is 1. The fourth-order valence-electron chi connectivity index (χ4n) is 3.21. The van der Waals surface area contributed by atoms with Crippen molar-refractivity contribution >= 4 is 46.0 Å². The van der Waals surface area contributed by atoms with Crippen LogP contribution >= 0.6 is 36.2 Å². The quantitative estimate of drug-likeness (QED) is 0.767. The van der Waals surface area contributed by atoms with Crippen LogP contribution in [0.2, 0.25) is 0 Å². The summed E-state index contributed by atoms with van der Waals surface area (Å²) in [5.41, 5.74) is 8.33. The van der Waals surface area contributed by atoms with E-state index in [1.165, 1.54) is 6.26 Å². The molecule has 5 nitrogen and oxygen atoms in total. The first-order valence-corrected chi connectivity index (χ1v) is 11.1. The van der Waals surface area contributed by atoms with Gasteiger partial charge in [0.05, 0.1) is 10.6 Å². The largest absolute Gasteiger partial charge is 0.327 e. The van der Waals surface area contributed by atoms with Crippen molar-refractivity contribution in [2.45, 2.75) is 37.8 Å². The summed E-state index contributed by atoms with van der Waals surface area (Å²) >= 11 is 1.59. The zero-order chi connectivity index (χ0) is 18.2. The number of sulfone groups is 1. The molecule has 27 heavy (non-hydrogen) atoms. The van der Waals surface area contributed by atoms with Crippen LogP contribution in [0.1, 0.15) is 26.0 Å². The Labute approximate surface area is 178 Å². The van der Waals surface area contributed by atoms with E-state index in [9.17, 15) is 8.42 Å². The lowest BCUT2D eigenvalue weighted by Gasteiger charge is -2.42. The van der Waals surface area contributed by atoms with Gasteiger partial charge in [0.1, 0.15) is 5.01 Å². The van der Waals surface area contributed by atoms with Gasteiger partial charge in [-0.1, -0.05) is 26.0 Å². The summed E-state index contributed by atoms with van der Waals surface area (Å²) in [5.74, 6) is 0. The minimum atomic E-state index is -3.17. The molecule has 0 amide bonds. The van der Waals surface area contributed by atoms with E-state index in [2.05, 4.69) is 24.1 Å². The molecule has 0 saturated carbocycles. The van der Waals surface area contributed by atoms with E-state index in [0.29, 0.717) is 4.90 Å². The van der Waals surface area contributed by atoms with Crippen molar-refractivity contribution in [2.24, 2.45) is 11.1 Å². The third-order valence-corrected chi connectivity index (χ3v) is 6.93. The number of likely N-dealkylation sites (tertiary alicyclic amines) is 1. The van der Waals surface area contributed by atoms with Gasteiger partial charge in [0.2, 0.25) is 0 Å². The van der Waals surface area contributed by atoms with Crippen LogP contribution in [-0.2, 0) is 16.4 Å². The van der Waals surface area contributed by atoms with Crippen molar-refractivity contribution in [3.8, 4) is 10.6 Å². The summed E-state index contributed by atoms with van der Waals surface area (Å²) < 4.78 is 23.1.